The van der Waals surface area contributed by atoms with Crippen molar-refractivity contribution in [2.45, 2.75) is 19.3 Å². The maximum absolute atomic E-state index is 12.9. The molecule has 0 radical (unpaired) electrons. The largest absolute Gasteiger partial charge is 0.496 e. The number of ether oxygens (including phenoxy) is 2. The Morgan fingerprint density at radius 1 is 0.704 bits per heavy atom. The highest BCUT2D eigenvalue weighted by molar-refractivity contribution is 5.97. The van der Waals surface area contributed by atoms with E-state index >= 15 is 0 Å². The zero-order valence-corrected chi connectivity index (χ0v) is 15.8. The van der Waals surface area contributed by atoms with Crippen molar-refractivity contribution in [1.29, 1.82) is 0 Å². The fourth-order valence-electron chi connectivity index (χ4n) is 3.29. The van der Waals surface area contributed by atoms with Gasteiger partial charge in [0.25, 0.3) is 0 Å². The Labute approximate surface area is 160 Å². The summed E-state index contributed by atoms with van der Waals surface area (Å²) in [6.45, 7) is 0. The van der Waals surface area contributed by atoms with Gasteiger partial charge >= 0.3 is 0 Å². The Kier molecular flexibility index (Phi) is 6.26. The first-order valence-electron chi connectivity index (χ1n) is 9.08. The zero-order valence-electron chi connectivity index (χ0n) is 15.8. The van der Waals surface area contributed by atoms with E-state index in [4.69, 9.17) is 9.47 Å². The fourth-order valence-corrected chi connectivity index (χ4v) is 3.29. The van der Waals surface area contributed by atoms with Gasteiger partial charge in [0.05, 0.1) is 14.2 Å². The van der Waals surface area contributed by atoms with Gasteiger partial charge < -0.3 is 9.47 Å². The number of methoxy groups -OCH3 is 2. The van der Waals surface area contributed by atoms with Crippen molar-refractivity contribution in [3.05, 3.63) is 95.1 Å². The average molecular weight is 360 g/mol. The molecule has 0 unspecified atom stereocenters. The Balaban J connectivity index is 1.78. The topological polar surface area (TPSA) is 35.5 Å². The molecule has 0 fully saturated rings. The van der Waals surface area contributed by atoms with Gasteiger partial charge in [-0.25, -0.2) is 0 Å². The summed E-state index contributed by atoms with van der Waals surface area (Å²) in [4.78, 5) is 12.9. The minimum absolute atomic E-state index is 0.145. The average Bonchev–Trinajstić information content (AvgIpc) is 2.73. The maximum atomic E-state index is 12.9. The first-order valence-corrected chi connectivity index (χ1v) is 9.08. The number of hydrogen-bond donors (Lipinski definition) is 0. The van der Waals surface area contributed by atoms with Crippen molar-refractivity contribution in [3.63, 3.8) is 0 Å². The summed E-state index contributed by atoms with van der Waals surface area (Å²) in [5.74, 6) is 1.81. The Bertz CT molecular complexity index is 915. The van der Waals surface area contributed by atoms with Crippen molar-refractivity contribution < 1.29 is 14.3 Å². The van der Waals surface area contributed by atoms with Crippen LogP contribution >= 0.6 is 0 Å². The lowest BCUT2D eigenvalue weighted by atomic mass is 9.94. The summed E-state index contributed by atoms with van der Waals surface area (Å²) in [6.07, 6.45) is 1.77. The van der Waals surface area contributed by atoms with E-state index in [0.717, 1.165) is 33.8 Å². The van der Waals surface area contributed by atoms with E-state index < -0.39 is 0 Å². The molecule has 0 saturated carbocycles. The molecule has 0 amide bonds. The molecule has 0 bridgehead atoms. The lowest BCUT2D eigenvalue weighted by molar-refractivity contribution is 0.0982. The van der Waals surface area contributed by atoms with Crippen LogP contribution in [-0.2, 0) is 12.8 Å². The number of Topliss-reactive ketones (excluding diaryl/α,β-unsaturated/α-hetero) is 1. The third-order valence-corrected chi connectivity index (χ3v) is 4.71. The summed E-state index contributed by atoms with van der Waals surface area (Å²) in [7, 11) is 3.33. The molecule has 0 aromatic heterocycles. The van der Waals surface area contributed by atoms with Crippen molar-refractivity contribution in [1.82, 2.24) is 0 Å². The molecule has 3 aromatic rings. The standard InChI is InChI=1S/C24H24O3/c1-26-23-13-7-4-9-18(23)15-16-22(25)21-12-6-3-10-19(21)17-20-11-5-8-14-24(20)27-2/h3-14H,15-17H2,1-2H3. The van der Waals surface area contributed by atoms with Gasteiger partial charge in [-0.15, -0.1) is 0 Å². The Morgan fingerprint density at radius 3 is 1.89 bits per heavy atom. The second-order valence-corrected chi connectivity index (χ2v) is 6.38. The van der Waals surface area contributed by atoms with Crippen LogP contribution in [0.2, 0.25) is 0 Å². The van der Waals surface area contributed by atoms with Crippen LogP contribution in [0.1, 0.15) is 33.5 Å². The second-order valence-electron chi connectivity index (χ2n) is 6.38. The van der Waals surface area contributed by atoms with E-state index in [1.807, 2.05) is 72.8 Å². The fraction of sp³-hybridized carbons (Fsp3) is 0.208. The number of hydrogen-bond acceptors (Lipinski definition) is 3. The molecule has 0 aliphatic rings. The van der Waals surface area contributed by atoms with Crippen molar-refractivity contribution in [2.75, 3.05) is 14.2 Å². The summed E-state index contributed by atoms with van der Waals surface area (Å²) in [5, 5.41) is 0. The number of para-hydroxylation sites is 2. The minimum Gasteiger partial charge on any atom is -0.496 e. The van der Waals surface area contributed by atoms with E-state index in [0.29, 0.717) is 19.3 Å². The molecular formula is C24H24O3. The number of rotatable bonds is 8. The first kappa shape index (κ1) is 18.7. The van der Waals surface area contributed by atoms with Gasteiger partial charge in [0.2, 0.25) is 0 Å². The summed E-state index contributed by atoms with van der Waals surface area (Å²) < 4.78 is 10.8. The summed E-state index contributed by atoms with van der Waals surface area (Å²) >= 11 is 0. The van der Waals surface area contributed by atoms with Crippen LogP contribution in [0.3, 0.4) is 0 Å². The molecule has 0 spiro atoms. The van der Waals surface area contributed by atoms with Gasteiger partial charge in [0.15, 0.2) is 5.78 Å². The van der Waals surface area contributed by atoms with Crippen LogP contribution in [0, 0.1) is 0 Å². The van der Waals surface area contributed by atoms with Crippen LogP contribution in [-0.4, -0.2) is 20.0 Å². The number of carbonyl (C=O) groups is 1. The van der Waals surface area contributed by atoms with Gasteiger partial charge in [0.1, 0.15) is 11.5 Å². The molecule has 0 atom stereocenters. The highest BCUT2D eigenvalue weighted by atomic mass is 16.5. The summed E-state index contributed by atoms with van der Waals surface area (Å²) in [5.41, 5.74) is 3.92. The number of benzene rings is 3. The zero-order chi connectivity index (χ0) is 19.1. The van der Waals surface area contributed by atoms with Gasteiger partial charge in [-0.2, -0.15) is 0 Å². The Morgan fingerprint density at radius 2 is 1.22 bits per heavy atom. The van der Waals surface area contributed by atoms with E-state index in [-0.39, 0.29) is 5.78 Å². The molecule has 3 rings (SSSR count). The number of carbonyl (C=O) groups excluding carboxylic acids is 1. The van der Waals surface area contributed by atoms with Crippen LogP contribution in [0.25, 0.3) is 0 Å². The lowest BCUT2D eigenvalue weighted by Crippen LogP contribution is -2.06. The molecule has 0 aliphatic heterocycles. The highest BCUT2D eigenvalue weighted by Gasteiger charge is 2.14. The summed E-state index contributed by atoms with van der Waals surface area (Å²) in [6, 6.07) is 23.6. The van der Waals surface area contributed by atoms with E-state index in [9.17, 15) is 4.79 Å². The Hall–Kier alpha value is -3.07. The highest BCUT2D eigenvalue weighted by Crippen LogP contribution is 2.24. The van der Waals surface area contributed by atoms with E-state index in [2.05, 4.69) is 0 Å². The molecule has 3 aromatic carbocycles. The van der Waals surface area contributed by atoms with Crippen molar-refractivity contribution >= 4 is 5.78 Å². The molecule has 0 heterocycles. The quantitative estimate of drug-likeness (QED) is 0.524. The third-order valence-electron chi connectivity index (χ3n) is 4.71. The van der Waals surface area contributed by atoms with Gasteiger partial charge in [0, 0.05) is 18.4 Å². The van der Waals surface area contributed by atoms with Crippen LogP contribution in [0.15, 0.2) is 72.8 Å². The van der Waals surface area contributed by atoms with Crippen LogP contribution in [0.5, 0.6) is 11.5 Å². The molecule has 0 aliphatic carbocycles. The van der Waals surface area contributed by atoms with E-state index in [1.54, 1.807) is 14.2 Å². The predicted octanol–water partition coefficient (Wildman–Crippen LogP) is 5.11. The van der Waals surface area contributed by atoms with Gasteiger partial charge in [-0.3, -0.25) is 4.79 Å². The van der Waals surface area contributed by atoms with Crippen molar-refractivity contribution in [3.8, 4) is 11.5 Å². The van der Waals surface area contributed by atoms with Gasteiger partial charge in [-0.1, -0.05) is 60.7 Å². The van der Waals surface area contributed by atoms with Crippen molar-refractivity contribution in [2.24, 2.45) is 0 Å². The molecular weight excluding hydrogens is 336 g/mol. The number of aryl methyl sites for hydroxylation is 1. The normalized spacial score (nSPS) is 10.4. The molecule has 138 valence electrons. The molecule has 0 N–H and O–H groups in total. The van der Waals surface area contributed by atoms with Crippen LogP contribution in [0.4, 0.5) is 0 Å². The van der Waals surface area contributed by atoms with Crippen LogP contribution < -0.4 is 9.47 Å². The number of ketones is 1. The molecule has 0 saturated heterocycles. The molecule has 27 heavy (non-hydrogen) atoms. The van der Waals surface area contributed by atoms with Gasteiger partial charge in [-0.05, 0) is 35.2 Å². The monoisotopic (exact) mass is 360 g/mol. The lowest BCUT2D eigenvalue weighted by Gasteiger charge is -2.12. The van der Waals surface area contributed by atoms with E-state index in [1.165, 1.54) is 0 Å². The maximum Gasteiger partial charge on any atom is 0.163 e. The first-order chi connectivity index (χ1) is 13.2. The third kappa shape index (κ3) is 4.56. The minimum atomic E-state index is 0.145. The second kappa shape index (κ2) is 9.04. The smallest absolute Gasteiger partial charge is 0.163 e. The predicted molar refractivity (Wildman–Crippen MR) is 108 cm³/mol. The molecule has 3 nitrogen and oxygen atoms in total. The molecule has 3 heteroatoms. The SMILES string of the molecule is COc1ccccc1CCC(=O)c1ccccc1Cc1ccccc1OC.